The Bertz CT molecular complexity index is 977. The van der Waals surface area contributed by atoms with Gasteiger partial charge in [-0.1, -0.05) is 18.2 Å². The Balaban J connectivity index is 1.82. The minimum Gasteiger partial charge on any atom is -0.457 e. The number of ether oxygens (including phenoxy) is 1. The Morgan fingerprint density at radius 1 is 1.07 bits per heavy atom. The van der Waals surface area contributed by atoms with Crippen LogP contribution in [0.3, 0.4) is 0 Å². The molecule has 1 saturated heterocycles. The molecule has 1 aliphatic heterocycles. The van der Waals surface area contributed by atoms with Crippen LogP contribution in [0.4, 0.5) is 4.39 Å². The molecule has 4 nitrogen and oxygen atoms in total. The molecule has 2 aromatic carbocycles. The maximum atomic E-state index is 13.3. The quantitative estimate of drug-likeness (QED) is 0.703. The predicted octanol–water partition coefficient (Wildman–Crippen LogP) is 4.33. The summed E-state index contributed by atoms with van der Waals surface area (Å²) in [6, 6.07) is 18.0. The first-order valence-electron chi connectivity index (χ1n) is 8.94. The van der Waals surface area contributed by atoms with Crippen molar-refractivity contribution in [1.29, 1.82) is 0 Å². The van der Waals surface area contributed by atoms with Gasteiger partial charge in [0.2, 0.25) is 0 Å². The lowest BCUT2D eigenvalue weighted by atomic mass is 9.97. The van der Waals surface area contributed by atoms with Crippen LogP contribution in [0.2, 0.25) is 0 Å². The van der Waals surface area contributed by atoms with E-state index in [1.165, 1.54) is 12.1 Å². The molecule has 4 rings (SSSR count). The number of rotatable bonds is 3. The van der Waals surface area contributed by atoms with Crippen LogP contribution >= 0.6 is 0 Å². The first kappa shape index (κ1) is 17.5. The lowest BCUT2D eigenvalue weighted by molar-refractivity contribution is -0.160. The molecule has 2 heterocycles. The number of hydrogen-bond acceptors (Lipinski definition) is 3. The number of aromatic nitrogens is 1. The molecule has 0 spiro atoms. The number of carbonyl (C=O) groups excluding carboxylic acids is 1. The number of aliphatic hydroxyl groups excluding tert-OH is 1. The Morgan fingerprint density at radius 2 is 1.81 bits per heavy atom. The van der Waals surface area contributed by atoms with Crippen LogP contribution in [-0.2, 0) is 9.53 Å². The normalized spacial score (nSPS) is 19.7. The monoisotopic (exact) mass is 365 g/mol. The number of benzene rings is 2. The van der Waals surface area contributed by atoms with Crippen molar-refractivity contribution in [3.05, 3.63) is 77.7 Å². The van der Waals surface area contributed by atoms with E-state index >= 15 is 0 Å². The van der Waals surface area contributed by atoms with E-state index in [2.05, 4.69) is 4.57 Å². The third-order valence-electron chi connectivity index (χ3n) is 4.90. The molecule has 1 fully saturated rings. The SMILES string of the molecule is Cc1ccc(-c2ccc(F)cc2)n1-c1ccccc1[C@@H]1C[C@@H](O)CC(=O)O1. The second-order valence-corrected chi connectivity index (χ2v) is 6.83. The first-order valence-corrected chi connectivity index (χ1v) is 8.94. The number of aliphatic hydroxyl groups is 1. The largest absolute Gasteiger partial charge is 0.457 e. The zero-order valence-electron chi connectivity index (χ0n) is 14.9. The van der Waals surface area contributed by atoms with Gasteiger partial charge in [-0.05, 0) is 55.0 Å². The average Bonchev–Trinajstić information content (AvgIpc) is 3.03. The number of hydrogen-bond donors (Lipinski definition) is 1. The van der Waals surface area contributed by atoms with Gasteiger partial charge < -0.3 is 14.4 Å². The van der Waals surface area contributed by atoms with E-state index in [0.717, 1.165) is 28.2 Å². The third-order valence-corrected chi connectivity index (χ3v) is 4.90. The summed E-state index contributed by atoms with van der Waals surface area (Å²) in [5.41, 5.74) is 4.53. The highest BCUT2D eigenvalue weighted by atomic mass is 19.1. The molecule has 0 saturated carbocycles. The van der Waals surface area contributed by atoms with Crippen molar-refractivity contribution < 1.29 is 19.0 Å². The Kier molecular flexibility index (Phi) is 4.54. The van der Waals surface area contributed by atoms with Gasteiger partial charge in [0.15, 0.2) is 0 Å². The number of esters is 1. The summed E-state index contributed by atoms with van der Waals surface area (Å²) in [5, 5.41) is 10.0. The van der Waals surface area contributed by atoms with Crippen LogP contribution < -0.4 is 0 Å². The fraction of sp³-hybridized carbons (Fsp3) is 0.227. The number of halogens is 1. The second kappa shape index (κ2) is 7.00. The molecular weight excluding hydrogens is 345 g/mol. The molecule has 27 heavy (non-hydrogen) atoms. The van der Waals surface area contributed by atoms with Crippen LogP contribution in [-0.4, -0.2) is 21.7 Å². The van der Waals surface area contributed by atoms with Crippen LogP contribution in [0.25, 0.3) is 16.9 Å². The van der Waals surface area contributed by atoms with Gasteiger partial charge in [0, 0.05) is 17.7 Å². The summed E-state index contributed by atoms with van der Waals surface area (Å²) < 4.78 is 20.9. The van der Waals surface area contributed by atoms with E-state index in [1.54, 1.807) is 12.1 Å². The predicted molar refractivity (Wildman–Crippen MR) is 100.0 cm³/mol. The van der Waals surface area contributed by atoms with E-state index in [-0.39, 0.29) is 12.2 Å². The molecule has 0 unspecified atom stereocenters. The van der Waals surface area contributed by atoms with E-state index in [9.17, 15) is 14.3 Å². The maximum absolute atomic E-state index is 13.3. The summed E-state index contributed by atoms with van der Waals surface area (Å²) in [6.45, 7) is 1.99. The summed E-state index contributed by atoms with van der Waals surface area (Å²) in [7, 11) is 0. The molecule has 0 bridgehead atoms. The standard InChI is InChI=1S/C22H20FNO3/c1-14-6-11-19(15-7-9-16(23)10-8-15)24(14)20-5-3-2-4-18(20)21-12-17(25)13-22(26)27-21/h2-11,17,21,25H,12-13H2,1H3/t17-,21+/m1/s1. The van der Waals surface area contributed by atoms with Gasteiger partial charge in [0.25, 0.3) is 0 Å². The van der Waals surface area contributed by atoms with Crippen molar-refractivity contribution in [3.63, 3.8) is 0 Å². The maximum Gasteiger partial charge on any atom is 0.309 e. The van der Waals surface area contributed by atoms with Crippen molar-refractivity contribution in [2.24, 2.45) is 0 Å². The molecule has 138 valence electrons. The van der Waals surface area contributed by atoms with Crippen LogP contribution in [0.1, 0.15) is 30.2 Å². The molecule has 1 aliphatic rings. The number of para-hydroxylation sites is 1. The molecule has 1 N–H and O–H groups in total. The van der Waals surface area contributed by atoms with Gasteiger partial charge in [-0.2, -0.15) is 0 Å². The van der Waals surface area contributed by atoms with Crippen molar-refractivity contribution in [2.75, 3.05) is 0 Å². The fourth-order valence-corrected chi connectivity index (χ4v) is 3.64. The van der Waals surface area contributed by atoms with Gasteiger partial charge >= 0.3 is 5.97 Å². The lowest BCUT2D eigenvalue weighted by Crippen LogP contribution is -2.28. The fourth-order valence-electron chi connectivity index (χ4n) is 3.64. The first-order chi connectivity index (χ1) is 13.0. The van der Waals surface area contributed by atoms with Crippen LogP contribution in [0.15, 0.2) is 60.7 Å². The van der Waals surface area contributed by atoms with E-state index in [1.807, 2.05) is 43.3 Å². The molecular formula is C22H20FNO3. The number of nitrogens with zero attached hydrogens (tertiary/aromatic N) is 1. The van der Waals surface area contributed by atoms with Gasteiger partial charge in [-0.15, -0.1) is 0 Å². The molecule has 3 aromatic rings. The molecule has 0 aliphatic carbocycles. The van der Waals surface area contributed by atoms with E-state index in [4.69, 9.17) is 4.74 Å². The van der Waals surface area contributed by atoms with Crippen molar-refractivity contribution in [1.82, 2.24) is 4.57 Å². The van der Waals surface area contributed by atoms with Crippen molar-refractivity contribution in [2.45, 2.75) is 32.0 Å². The Hall–Kier alpha value is -2.92. The highest BCUT2D eigenvalue weighted by Crippen LogP contribution is 2.35. The Labute approximate surface area is 156 Å². The second-order valence-electron chi connectivity index (χ2n) is 6.83. The number of aryl methyl sites for hydroxylation is 1. The molecule has 1 aromatic heterocycles. The summed E-state index contributed by atoms with van der Waals surface area (Å²) in [6.07, 6.45) is -0.802. The number of cyclic esters (lactones) is 1. The summed E-state index contributed by atoms with van der Waals surface area (Å²) in [4.78, 5) is 11.8. The van der Waals surface area contributed by atoms with Crippen molar-refractivity contribution >= 4 is 5.97 Å². The average molecular weight is 365 g/mol. The topological polar surface area (TPSA) is 51.5 Å². The highest BCUT2D eigenvalue weighted by molar-refractivity contribution is 5.72. The zero-order chi connectivity index (χ0) is 19.0. The molecule has 0 radical (unpaired) electrons. The zero-order valence-corrected chi connectivity index (χ0v) is 14.9. The van der Waals surface area contributed by atoms with E-state index < -0.39 is 18.2 Å². The summed E-state index contributed by atoms with van der Waals surface area (Å²) >= 11 is 0. The van der Waals surface area contributed by atoms with Gasteiger partial charge in [0.05, 0.1) is 23.9 Å². The van der Waals surface area contributed by atoms with Crippen LogP contribution in [0, 0.1) is 12.7 Å². The Morgan fingerprint density at radius 3 is 2.56 bits per heavy atom. The minimum atomic E-state index is -0.702. The van der Waals surface area contributed by atoms with Gasteiger partial charge in [0.1, 0.15) is 11.9 Å². The highest BCUT2D eigenvalue weighted by Gasteiger charge is 2.30. The van der Waals surface area contributed by atoms with Gasteiger partial charge in [-0.3, -0.25) is 4.79 Å². The molecule has 5 heteroatoms. The summed E-state index contributed by atoms with van der Waals surface area (Å²) in [5.74, 6) is -0.673. The number of carbonyl (C=O) groups is 1. The third kappa shape index (κ3) is 3.38. The van der Waals surface area contributed by atoms with Gasteiger partial charge in [-0.25, -0.2) is 4.39 Å². The van der Waals surface area contributed by atoms with Crippen molar-refractivity contribution in [3.8, 4) is 16.9 Å². The molecule has 2 atom stereocenters. The molecule has 0 amide bonds. The minimum absolute atomic E-state index is 0.0298. The van der Waals surface area contributed by atoms with E-state index in [0.29, 0.717) is 6.42 Å². The lowest BCUT2D eigenvalue weighted by Gasteiger charge is -2.28. The smallest absolute Gasteiger partial charge is 0.309 e. The van der Waals surface area contributed by atoms with Crippen LogP contribution in [0.5, 0.6) is 0 Å².